The predicted octanol–water partition coefficient (Wildman–Crippen LogP) is 2.17. The Morgan fingerprint density at radius 3 is 2.81 bits per heavy atom. The summed E-state index contributed by atoms with van der Waals surface area (Å²) in [5.41, 5.74) is 0. The number of rotatable bonds is 8. The molecule has 1 unspecified atom stereocenters. The molecule has 1 aliphatic rings. The van der Waals surface area contributed by atoms with Crippen LogP contribution in [0.4, 0.5) is 0 Å². The van der Waals surface area contributed by atoms with E-state index < -0.39 is 0 Å². The Morgan fingerprint density at radius 2 is 2.11 bits per heavy atom. The van der Waals surface area contributed by atoms with Crippen molar-refractivity contribution in [2.45, 2.75) is 52.2 Å². The molecule has 1 fully saturated rings. The fraction of sp³-hybridized carbons (Fsp3) is 0.632. The molecule has 2 N–H and O–H groups in total. The van der Waals surface area contributed by atoms with Crippen LogP contribution < -0.4 is 10.6 Å². The Hall–Kier alpha value is -2.35. The van der Waals surface area contributed by atoms with Crippen LogP contribution >= 0.6 is 0 Å². The van der Waals surface area contributed by atoms with E-state index in [9.17, 15) is 0 Å². The zero-order valence-corrected chi connectivity index (χ0v) is 16.4. The Morgan fingerprint density at radius 1 is 1.26 bits per heavy atom. The molecule has 3 heterocycles. The highest BCUT2D eigenvalue weighted by Gasteiger charge is 2.24. The number of hydrogen-bond donors (Lipinski definition) is 2. The van der Waals surface area contributed by atoms with Crippen LogP contribution in [0, 0.1) is 0 Å². The molecule has 8 heteroatoms. The number of piperidine rings is 1. The van der Waals surface area contributed by atoms with Gasteiger partial charge in [-0.3, -0.25) is 4.90 Å². The minimum Gasteiger partial charge on any atom is -0.468 e. The summed E-state index contributed by atoms with van der Waals surface area (Å²) in [5, 5.41) is 14.9. The highest BCUT2D eigenvalue weighted by atomic mass is 16.3. The third kappa shape index (κ3) is 5.32. The van der Waals surface area contributed by atoms with Crippen LogP contribution in [-0.2, 0) is 13.1 Å². The summed E-state index contributed by atoms with van der Waals surface area (Å²) in [6.07, 6.45) is 7.31. The quantitative estimate of drug-likeness (QED) is 0.545. The topological polar surface area (TPSA) is 83.5 Å². The van der Waals surface area contributed by atoms with E-state index in [4.69, 9.17) is 4.42 Å². The highest BCUT2D eigenvalue weighted by molar-refractivity contribution is 5.79. The molecule has 0 aliphatic carbocycles. The maximum Gasteiger partial charge on any atom is 0.191 e. The Balaban J connectivity index is 1.65. The maximum absolute atomic E-state index is 5.73. The summed E-state index contributed by atoms with van der Waals surface area (Å²) in [5.74, 6) is 2.66. The second kappa shape index (κ2) is 10.1. The van der Waals surface area contributed by atoms with Gasteiger partial charge in [0.25, 0.3) is 0 Å². The highest BCUT2D eigenvalue weighted by Crippen LogP contribution is 2.24. The molecule has 8 nitrogen and oxygen atoms in total. The van der Waals surface area contributed by atoms with Crippen molar-refractivity contribution in [1.82, 2.24) is 30.3 Å². The molecule has 2 aromatic heterocycles. The summed E-state index contributed by atoms with van der Waals surface area (Å²) in [4.78, 5) is 7.19. The number of nitrogens with zero attached hydrogens (tertiary/aromatic N) is 5. The zero-order chi connectivity index (χ0) is 18.9. The molecule has 2 aromatic rings. The Bertz CT molecular complexity index is 689. The fourth-order valence-electron chi connectivity index (χ4n) is 3.47. The number of nitrogens with one attached hydrogen (secondary N) is 2. The van der Waals surface area contributed by atoms with Crippen molar-refractivity contribution >= 4 is 5.96 Å². The van der Waals surface area contributed by atoms with Gasteiger partial charge in [-0.05, 0) is 51.9 Å². The predicted molar refractivity (Wildman–Crippen MR) is 105 cm³/mol. The first-order chi connectivity index (χ1) is 13.3. The molecule has 0 saturated carbocycles. The largest absolute Gasteiger partial charge is 0.468 e. The van der Waals surface area contributed by atoms with Gasteiger partial charge in [0, 0.05) is 19.6 Å². The van der Waals surface area contributed by atoms with Crippen LogP contribution in [-0.4, -0.2) is 51.8 Å². The summed E-state index contributed by atoms with van der Waals surface area (Å²) in [6, 6.07) is 4.24. The van der Waals surface area contributed by atoms with Crippen LogP contribution in [0.5, 0.6) is 0 Å². The molecule has 1 aliphatic heterocycles. The Kier molecular flexibility index (Phi) is 7.27. The van der Waals surface area contributed by atoms with Crippen molar-refractivity contribution < 1.29 is 4.42 Å². The second-order valence-corrected chi connectivity index (χ2v) is 6.74. The molecule has 3 rings (SSSR count). The molecule has 1 atom stereocenters. The number of hydrogen-bond acceptors (Lipinski definition) is 5. The summed E-state index contributed by atoms with van der Waals surface area (Å²) in [7, 11) is 0. The van der Waals surface area contributed by atoms with Crippen molar-refractivity contribution in [3.63, 3.8) is 0 Å². The van der Waals surface area contributed by atoms with Crippen LogP contribution in [0.3, 0.4) is 0 Å². The number of likely N-dealkylation sites (tertiary alicyclic amines) is 1. The molecular weight excluding hydrogens is 342 g/mol. The van der Waals surface area contributed by atoms with Crippen molar-refractivity contribution in [3.8, 4) is 0 Å². The number of aryl methyl sites for hydroxylation is 1. The first-order valence-electron chi connectivity index (χ1n) is 9.98. The minimum atomic E-state index is 0.212. The van der Waals surface area contributed by atoms with Crippen molar-refractivity contribution in [3.05, 3.63) is 36.3 Å². The van der Waals surface area contributed by atoms with Crippen LogP contribution in [0.1, 0.15) is 50.7 Å². The molecule has 0 spiro atoms. The van der Waals surface area contributed by atoms with Gasteiger partial charge in [-0.25, -0.2) is 4.99 Å². The van der Waals surface area contributed by atoms with Gasteiger partial charge in [0.05, 0.1) is 12.3 Å². The normalized spacial score (nSPS) is 17.0. The molecule has 1 saturated heterocycles. The SMILES string of the molecule is CCNC(=NCc1nncn1CC)NCC(c1ccco1)N1CCCCC1. The van der Waals surface area contributed by atoms with E-state index in [-0.39, 0.29) is 6.04 Å². The van der Waals surface area contributed by atoms with E-state index in [0.29, 0.717) is 6.54 Å². The lowest BCUT2D eigenvalue weighted by molar-refractivity contribution is 0.146. The number of guanidine groups is 1. The van der Waals surface area contributed by atoms with E-state index in [1.54, 1.807) is 12.6 Å². The third-order valence-corrected chi connectivity index (χ3v) is 4.93. The molecule has 148 valence electrons. The van der Waals surface area contributed by atoms with Crippen LogP contribution in [0.2, 0.25) is 0 Å². The van der Waals surface area contributed by atoms with E-state index in [0.717, 1.165) is 50.3 Å². The van der Waals surface area contributed by atoms with Crippen molar-refractivity contribution in [1.29, 1.82) is 0 Å². The van der Waals surface area contributed by atoms with E-state index in [1.165, 1.54) is 19.3 Å². The third-order valence-electron chi connectivity index (χ3n) is 4.93. The lowest BCUT2D eigenvalue weighted by Crippen LogP contribution is -2.44. The van der Waals surface area contributed by atoms with Gasteiger partial charge < -0.3 is 19.6 Å². The van der Waals surface area contributed by atoms with Gasteiger partial charge in [0.2, 0.25) is 0 Å². The zero-order valence-electron chi connectivity index (χ0n) is 16.4. The number of aromatic nitrogens is 3. The van der Waals surface area contributed by atoms with Gasteiger partial charge in [-0.15, -0.1) is 10.2 Å². The summed E-state index contributed by atoms with van der Waals surface area (Å²) < 4.78 is 7.73. The standard InChI is InChI=1S/C19H31N7O/c1-3-20-19(22-14-18-24-23-15-25(18)4-2)21-13-16(17-9-8-12-27-17)26-10-6-5-7-11-26/h8-9,12,15-16H,3-7,10-11,13-14H2,1-2H3,(H2,20,21,22). The van der Waals surface area contributed by atoms with Crippen molar-refractivity contribution in [2.24, 2.45) is 4.99 Å². The summed E-state index contributed by atoms with van der Waals surface area (Å²) in [6.45, 7) is 9.27. The van der Waals surface area contributed by atoms with Crippen LogP contribution in [0.25, 0.3) is 0 Å². The van der Waals surface area contributed by atoms with Gasteiger partial charge >= 0.3 is 0 Å². The van der Waals surface area contributed by atoms with E-state index >= 15 is 0 Å². The maximum atomic E-state index is 5.73. The molecule has 0 amide bonds. The van der Waals surface area contributed by atoms with Gasteiger partial charge in [0.1, 0.15) is 18.6 Å². The molecule has 0 bridgehead atoms. The van der Waals surface area contributed by atoms with Crippen LogP contribution in [0.15, 0.2) is 34.1 Å². The Labute approximate surface area is 161 Å². The second-order valence-electron chi connectivity index (χ2n) is 6.74. The smallest absolute Gasteiger partial charge is 0.191 e. The number of aliphatic imine (C=N–C) groups is 1. The molecule has 0 radical (unpaired) electrons. The minimum absolute atomic E-state index is 0.212. The van der Waals surface area contributed by atoms with Gasteiger partial charge in [0.15, 0.2) is 11.8 Å². The molecular formula is C19H31N7O. The molecule has 27 heavy (non-hydrogen) atoms. The average Bonchev–Trinajstić information content (AvgIpc) is 3.39. The van der Waals surface area contributed by atoms with E-state index in [1.807, 2.05) is 10.6 Å². The van der Waals surface area contributed by atoms with Gasteiger partial charge in [-0.1, -0.05) is 6.42 Å². The first-order valence-corrected chi connectivity index (χ1v) is 9.98. The average molecular weight is 374 g/mol. The first kappa shape index (κ1) is 19.4. The molecule has 0 aromatic carbocycles. The summed E-state index contributed by atoms with van der Waals surface area (Å²) >= 11 is 0. The lowest BCUT2D eigenvalue weighted by atomic mass is 10.1. The van der Waals surface area contributed by atoms with E-state index in [2.05, 4.69) is 50.6 Å². The van der Waals surface area contributed by atoms with Gasteiger partial charge in [-0.2, -0.15) is 0 Å². The lowest BCUT2D eigenvalue weighted by Gasteiger charge is -2.33. The van der Waals surface area contributed by atoms with Crippen molar-refractivity contribution in [2.75, 3.05) is 26.2 Å². The monoisotopic (exact) mass is 373 g/mol. The fourth-order valence-corrected chi connectivity index (χ4v) is 3.47. The number of furan rings is 1.